The van der Waals surface area contributed by atoms with Crippen LogP contribution in [0.2, 0.25) is 0 Å². The third-order valence-electron chi connectivity index (χ3n) is 3.08. The lowest BCUT2D eigenvalue weighted by molar-refractivity contribution is -0.129. The molecule has 18 heavy (non-hydrogen) atoms. The Bertz CT molecular complexity index is 371. The quantitative estimate of drug-likeness (QED) is 0.839. The number of benzene rings is 1. The molecule has 0 aromatic heterocycles. The average molecular weight is 248 g/mol. The van der Waals surface area contributed by atoms with Crippen LogP contribution in [0.25, 0.3) is 0 Å². The molecule has 0 spiro atoms. The molecule has 0 aliphatic carbocycles. The summed E-state index contributed by atoms with van der Waals surface area (Å²) in [6.07, 6.45) is 1.52. The number of likely N-dealkylation sites (N-methyl/N-ethyl adjacent to an activating group) is 1. The summed E-state index contributed by atoms with van der Waals surface area (Å²) in [4.78, 5) is 13.8. The normalized spacial score (nSPS) is 10.7. The maximum Gasteiger partial charge on any atom is 0.226 e. The standard InChI is InChI=1S/C15H24N2O/c1-12(2)8-9-17(3)15(18)10-13-4-6-14(11-16)7-5-13/h4-7,12H,8-11,16H2,1-3H3. The van der Waals surface area contributed by atoms with Crippen molar-refractivity contribution in [2.75, 3.05) is 13.6 Å². The molecule has 3 nitrogen and oxygen atoms in total. The molecule has 1 aromatic carbocycles. The Labute approximate surface area is 110 Å². The summed E-state index contributed by atoms with van der Waals surface area (Å²) in [5.41, 5.74) is 7.69. The van der Waals surface area contributed by atoms with Crippen LogP contribution in [0, 0.1) is 5.92 Å². The summed E-state index contributed by atoms with van der Waals surface area (Å²) in [5, 5.41) is 0. The zero-order chi connectivity index (χ0) is 13.5. The number of nitrogens with zero attached hydrogens (tertiary/aromatic N) is 1. The average Bonchev–Trinajstić information content (AvgIpc) is 2.36. The first kappa shape index (κ1) is 14.7. The van der Waals surface area contributed by atoms with E-state index in [0.717, 1.165) is 24.1 Å². The van der Waals surface area contributed by atoms with E-state index in [2.05, 4.69) is 13.8 Å². The van der Waals surface area contributed by atoms with Crippen LogP contribution in [0.15, 0.2) is 24.3 Å². The van der Waals surface area contributed by atoms with E-state index in [0.29, 0.717) is 18.9 Å². The van der Waals surface area contributed by atoms with Gasteiger partial charge in [-0.05, 0) is 23.5 Å². The lowest BCUT2D eigenvalue weighted by Crippen LogP contribution is -2.29. The number of amides is 1. The lowest BCUT2D eigenvalue weighted by atomic mass is 10.1. The SMILES string of the molecule is CC(C)CCN(C)C(=O)Cc1ccc(CN)cc1. The Morgan fingerprint density at radius 1 is 1.22 bits per heavy atom. The van der Waals surface area contributed by atoms with E-state index in [4.69, 9.17) is 5.73 Å². The molecule has 1 amide bonds. The predicted octanol–water partition coefficient (Wildman–Crippen LogP) is 2.19. The Kier molecular flexibility index (Phi) is 5.86. The number of rotatable bonds is 6. The zero-order valence-electron chi connectivity index (χ0n) is 11.6. The molecule has 1 aromatic rings. The first-order valence-electron chi connectivity index (χ1n) is 6.54. The third-order valence-corrected chi connectivity index (χ3v) is 3.08. The summed E-state index contributed by atoms with van der Waals surface area (Å²) < 4.78 is 0. The molecule has 100 valence electrons. The summed E-state index contributed by atoms with van der Waals surface area (Å²) in [7, 11) is 1.87. The zero-order valence-corrected chi connectivity index (χ0v) is 11.6. The number of carbonyl (C=O) groups excluding carboxylic acids is 1. The molecule has 0 aliphatic heterocycles. The molecule has 0 saturated heterocycles. The highest BCUT2D eigenvalue weighted by Crippen LogP contribution is 2.07. The Hall–Kier alpha value is -1.35. The van der Waals surface area contributed by atoms with Crippen LogP contribution in [0.1, 0.15) is 31.4 Å². The van der Waals surface area contributed by atoms with Crippen molar-refractivity contribution in [2.45, 2.75) is 33.2 Å². The molecule has 3 heteroatoms. The van der Waals surface area contributed by atoms with Gasteiger partial charge in [-0.3, -0.25) is 4.79 Å². The van der Waals surface area contributed by atoms with Gasteiger partial charge in [0.25, 0.3) is 0 Å². The Balaban J connectivity index is 2.47. The van der Waals surface area contributed by atoms with E-state index >= 15 is 0 Å². The molecule has 2 N–H and O–H groups in total. The summed E-state index contributed by atoms with van der Waals surface area (Å²) >= 11 is 0. The Morgan fingerprint density at radius 2 is 1.78 bits per heavy atom. The van der Waals surface area contributed by atoms with E-state index in [-0.39, 0.29) is 5.91 Å². The first-order valence-corrected chi connectivity index (χ1v) is 6.54. The van der Waals surface area contributed by atoms with E-state index in [1.54, 1.807) is 0 Å². The third kappa shape index (κ3) is 4.88. The molecule has 0 bridgehead atoms. The van der Waals surface area contributed by atoms with Gasteiger partial charge < -0.3 is 10.6 Å². The smallest absolute Gasteiger partial charge is 0.226 e. The molecule has 0 unspecified atom stereocenters. The fourth-order valence-electron chi connectivity index (χ4n) is 1.68. The molecular formula is C15H24N2O. The van der Waals surface area contributed by atoms with Crippen molar-refractivity contribution >= 4 is 5.91 Å². The highest BCUT2D eigenvalue weighted by molar-refractivity contribution is 5.78. The molecule has 1 rings (SSSR count). The van der Waals surface area contributed by atoms with Crippen LogP contribution in [-0.2, 0) is 17.8 Å². The van der Waals surface area contributed by atoms with Crippen molar-refractivity contribution in [1.29, 1.82) is 0 Å². The van der Waals surface area contributed by atoms with Crippen molar-refractivity contribution in [3.8, 4) is 0 Å². The molecule has 0 heterocycles. The molecule has 0 fully saturated rings. The minimum atomic E-state index is 0.177. The number of carbonyl (C=O) groups is 1. The fraction of sp³-hybridized carbons (Fsp3) is 0.533. The highest BCUT2D eigenvalue weighted by atomic mass is 16.2. The molecule has 0 radical (unpaired) electrons. The molecule has 0 aliphatic rings. The summed E-state index contributed by atoms with van der Waals surface area (Å²) in [5.74, 6) is 0.806. The van der Waals surface area contributed by atoms with Crippen molar-refractivity contribution in [1.82, 2.24) is 4.90 Å². The number of nitrogens with two attached hydrogens (primary N) is 1. The van der Waals surface area contributed by atoms with Gasteiger partial charge in [0.2, 0.25) is 5.91 Å². The monoisotopic (exact) mass is 248 g/mol. The molecular weight excluding hydrogens is 224 g/mol. The fourth-order valence-corrected chi connectivity index (χ4v) is 1.68. The first-order chi connectivity index (χ1) is 8.52. The van der Waals surface area contributed by atoms with Crippen LogP contribution in [-0.4, -0.2) is 24.4 Å². The minimum Gasteiger partial charge on any atom is -0.345 e. The number of hydrogen-bond acceptors (Lipinski definition) is 2. The Morgan fingerprint density at radius 3 is 2.28 bits per heavy atom. The summed E-state index contributed by atoms with van der Waals surface area (Å²) in [6.45, 7) is 5.72. The summed E-state index contributed by atoms with van der Waals surface area (Å²) in [6, 6.07) is 7.93. The topological polar surface area (TPSA) is 46.3 Å². The van der Waals surface area contributed by atoms with Gasteiger partial charge in [-0.25, -0.2) is 0 Å². The van der Waals surface area contributed by atoms with Crippen LogP contribution in [0.5, 0.6) is 0 Å². The van der Waals surface area contributed by atoms with Gasteiger partial charge in [0.1, 0.15) is 0 Å². The lowest BCUT2D eigenvalue weighted by Gasteiger charge is -2.18. The second-order valence-electron chi connectivity index (χ2n) is 5.20. The van der Waals surface area contributed by atoms with E-state index in [1.165, 1.54) is 0 Å². The van der Waals surface area contributed by atoms with Gasteiger partial charge in [0.15, 0.2) is 0 Å². The van der Waals surface area contributed by atoms with Crippen LogP contribution < -0.4 is 5.73 Å². The highest BCUT2D eigenvalue weighted by Gasteiger charge is 2.09. The van der Waals surface area contributed by atoms with Gasteiger partial charge in [-0.15, -0.1) is 0 Å². The van der Waals surface area contributed by atoms with E-state index in [9.17, 15) is 4.79 Å². The van der Waals surface area contributed by atoms with E-state index in [1.807, 2.05) is 36.2 Å². The van der Waals surface area contributed by atoms with Crippen LogP contribution >= 0.6 is 0 Å². The van der Waals surface area contributed by atoms with Crippen molar-refractivity contribution in [3.63, 3.8) is 0 Å². The maximum atomic E-state index is 12.0. The number of hydrogen-bond donors (Lipinski definition) is 1. The van der Waals surface area contributed by atoms with Gasteiger partial charge >= 0.3 is 0 Å². The molecule has 0 atom stereocenters. The van der Waals surface area contributed by atoms with Gasteiger partial charge in [-0.2, -0.15) is 0 Å². The van der Waals surface area contributed by atoms with Crippen molar-refractivity contribution in [2.24, 2.45) is 11.7 Å². The molecule has 0 saturated carbocycles. The van der Waals surface area contributed by atoms with Crippen LogP contribution in [0.3, 0.4) is 0 Å². The largest absolute Gasteiger partial charge is 0.345 e. The second kappa shape index (κ2) is 7.17. The van der Waals surface area contributed by atoms with Gasteiger partial charge in [0, 0.05) is 20.1 Å². The maximum absolute atomic E-state index is 12.0. The van der Waals surface area contributed by atoms with Crippen LogP contribution in [0.4, 0.5) is 0 Å². The van der Waals surface area contributed by atoms with Gasteiger partial charge in [-0.1, -0.05) is 38.1 Å². The van der Waals surface area contributed by atoms with Crippen molar-refractivity contribution in [3.05, 3.63) is 35.4 Å². The van der Waals surface area contributed by atoms with Gasteiger partial charge in [0.05, 0.1) is 6.42 Å². The predicted molar refractivity (Wildman–Crippen MR) is 75.1 cm³/mol. The minimum absolute atomic E-state index is 0.177. The van der Waals surface area contributed by atoms with E-state index < -0.39 is 0 Å². The van der Waals surface area contributed by atoms with Crippen molar-refractivity contribution < 1.29 is 4.79 Å². The second-order valence-corrected chi connectivity index (χ2v) is 5.20.